The van der Waals surface area contributed by atoms with Crippen molar-refractivity contribution in [3.63, 3.8) is 0 Å². The molecule has 0 heterocycles. The molecule has 0 aliphatic rings. The highest BCUT2D eigenvalue weighted by Crippen LogP contribution is 2.50. The van der Waals surface area contributed by atoms with Crippen LogP contribution < -0.4 is 10.6 Å². The maximum atomic E-state index is 5.24. The number of benzene rings is 1. The van der Waals surface area contributed by atoms with Gasteiger partial charge in [-0.05, 0) is 23.9 Å². The van der Waals surface area contributed by atoms with Crippen LogP contribution in [-0.4, -0.2) is 14.2 Å². The number of hydrogen-bond donors (Lipinski definition) is 1. The third-order valence-corrected chi connectivity index (χ3v) is 5.14. The van der Waals surface area contributed by atoms with E-state index < -0.39 is 6.64 Å². The lowest BCUT2D eigenvalue weighted by Gasteiger charge is -2.26. The Hall–Kier alpha value is -0.450. The van der Waals surface area contributed by atoms with Gasteiger partial charge in [0.15, 0.2) is 0 Å². The van der Waals surface area contributed by atoms with Crippen molar-refractivity contribution in [3.8, 4) is 0 Å². The van der Waals surface area contributed by atoms with Gasteiger partial charge in [0.25, 0.3) is 0 Å². The molecule has 0 amide bonds. The number of para-hydroxylation sites is 1. The van der Waals surface area contributed by atoms with Crippen molar-refractivity contribution in [2.45, 2.75) is 0 Å². The third kappa shape index (κ3) is 2.32. The Balaban J connectivity index is 2.95. The summed E-state index contributed by atoms with van der Waals surface area (Å²) in [5.41, 5.74) is 0.960. The molecule has 1 aromatic rings. The molecule has 0 bridgehead atoms. The summed E-state index contributed by atoms with van der Waals surface area (Å²) in [6, 6.07) is 9.70. The van der Waals surface area contributed by atoms with Crippen LogP contribution in [0.2, 0.25) is 0 Å². The SMILES string of the molecule is COP(=S)(O[NH3+])N(C)c1ccccc1. The maximum Gasteiger partial charge on any atom is 0.344 e. The number of nitrogens with zero attached hydrogens (tertiary/aromatic N) is 1. The van der Waals surface area contributed by atoms with E-state index in [1.807, 2.05) is 37.4 Å². The standard InChI is InChI=1S/C8H14N2O2PS/c1-10(13(14,11-2)12-9)8-6-4-3-5-7-8/h3-7H,1-2,9H3/q+1. The molecule has 0 aromatic heterocycles. The normalized spacial score (nSPS) is 14.8. The Kier molecular flexibility index (Phi) is 4.04. The van der Waals surface area contributed by atoms with Crippen molar-refractivity contribution in [1.82, 2.24) is 0 Å². The van der Waals surface area contributed by atoms with Crippen LogP contribution in [0.1, 0.15) is 0 Å². The van der Waals surface area contributed by atoms with Gasteiger partial charge in [0.2, 0.25) is 0 Å². The van der Waals surface area contributed by atoms with Crippen molar-refractivity contribution >= 4 is 24.1 Å². The van der Waals surface area contributed by atoms with Crippen LogP contribution in [0.3, 0.4) is 0 Å². The van der Waals surface area contributed by atoms with E-state index in [-0.39, 0.29) is 0 Å². The first-order valence-electron chi connectivity index (χ1n) is 4.03. The molecule has 4 nitrogen and oxygen atoms in total. The van der Waals surface area contributed by atoms with Crippen LogP contribution in [0.25, 0.3) is 0 Å². The van der Waals surface area contributed by atoms with Crippen molar-refractivity contribution in [1.29, 1.82) is 0 Å². The van der Waals surface area contributed by atoms with Crippen LogP contribution in [0.4, 0.5) is 5.69 Å². The highest BCUT2D eigenvalue weighted by atomic mass is 32.5. The Morgan fingerprint density at radius 3 is 2.36 bits per heavy atom. The molecular weight excluding hydrogens is 219 g/mol. The van der Waals surface area contributed by atoms with E-state index in [2.05, 4.69) is 5.90 Å². The van der Waals surface area contributed by atoms with Crippen LogP contribution in [0.5, 0.6) is 0 Å². The van der Waals surface area contributed by atoms with Crippen LogP contribution >= 0.6 is 6.64 Å². The summed E-state index contributed by atoms with van der Waals surface area (Å²) in [4.78, 5) is 0. The minimum Gasteiger partial charge on any atom is -0.314 e. The zero-order valence-corrected chi connectivity index (χ0v) is 9.92. The Morgan fingerprint density at radius 2 is 1.93 bits per heavy atom. The number of anilines is 1. The quantitative estimate of drug-likeness (QED) is 0.626. The molecule has 1 atom stereocenters. The lowest BCUT2D eigenvalue weighted by Crippen LogP contribution is -2.49. The van der Waals surface area contributed by atoms with Crippen molar-refractivity contribution in [2.75, 3.05) is 18.8 Å². The van der Waals surface area contributed by atoms with Gasteiger partial charge >= 0.3 is 6.64 Å². The van der Waals surface area contributed by atoms with E-state index >= 15 is 0 Å². The van der Waals surface area contributed by atoms with E-state index in [1.54, 1.807) is 4.67 Å². The molecule has 1 unspecified atom stereocenters. The second kappa shape index (κ2) is 4.87. The Morgan fingerprint density at radius 1 is 1.36 bits per heavy atom. The summed E-state index contributed by atoms with van der Waals surface area (Å²) in [5, 5.41) is 0. The minimum atomic E-state index is -2.44. The zero-order chi connectivity index (χ0) is 10.6. The number of hydrogen-bond acceptors (Lipinski definition) is 3. The number of rotatable bonds is 4. The molecule has 3 N–H and O–H groups in total. The van der Waals surface area contributed by atoms with Crippen LogP contribution in [0.15, 0.2) is 30.3 Å². The fourth-order valence-electron chi connectivity index (χ4n) is 1.05. The molecular formula is C8H14N2O2PS+. The van der Waals surface area contributed by atoms with Crippen molar-refractivity contribution in [3.05, 3.63) is 30.3 Å². The van der Waals surface area contributed by atoms with E-state index in [0.717, 1.165) is 5.69 Å². The summed E-state index contributed by atoms with van der Waals surface area (Å²) in [6.45, 7) is -2.44. The van der Waals surface area contributed by atoms with Gasteiger partial charge in [-0.15, -0.1) is 4.62 Å². The van der Waals surface area contributed by atoms with E-state index in [1.165, 1.54) is 7.11 Å². The summed E-state index contributed by atoms with van der Waals surface area (Å²) >= 11 is 5.24. The Labute approximate surface area is 88.8 Å². The van der Waals surface area contributed by atoms with Crippen LogP contribution in [-0.2, 0) is 21.0 Å². The van der Waals surface area contributed by atoms with Crippen molar-refractivity contribution < 1.29 is 15.0 Å². The van der Waals surface area contributed by atoms with Gasteiger partial charge in [0.1, 0.15) is 0 Å². The first kappa shape index (κ1) is 11.6. The van der Waals surface area contributed by atoms with Gasteiger partial charge in [-0.3, -0.25) is 0 Å². The average Bonchev–Trinajstić information content (AvgIpc) is 2.28. The van der Waals surface area contributed by atoms with Gasteiger partial charge in [-0.2, -0.15) is 0 Å². The average molecular weight is 233 g/mol. The molecule has 0 spiro atoms. The van der Waals surface area contributed by atoms with E-state index in [4.69, 9.17) is 21.0 Å². The fourth-order valence-corrected chi connectivity index (χ4v) is 2.27. The number of quaternary nitrogens is 1. The lowest BCUT2D eigenvalue weighted by molar-refractivity contribution is -0.638. The second-order valence-corrected chi connectivity index (χ2v) is 6.18. The fraction of sp³-hybridized carbons (Fsp3) is 0.250. The molecule has 6 heteroatoms. The lowest BCUT2D eigenvalue weighted by atomic mass is 10.3. The summed E-state index contributed by atoms with van der Waals surface area (Å²) in [5.74, 6) is 3.35. The van der Waals surface area contributed by atoms with Crippen LogP contribution in [0, 0.1) is 0 Å². The zero-order valence-electron chi connectivity index (χ0n) is 8.21. The van der Waals surface area contributed by atoms with Gasteiger partial charge in [0.05, 0.1) is 0 Å². The second-order valence-electron chi connectivity index (χ2n) is 2.64. The molecule has 0 aliphatic carbocycles. The molecule has 14 heavy (non-hydrogen) atoms. The molecule has 78 valence electrons. The monoisotopic (exact) mass is 233 g/mol. The molecule has 1 aromatic carbocycles. The summed E-state index contributed by atoms with van der Waals surface area (Å²) in [6.07, 6.45) is 0. The van der Waals surface area contributed by atoms with Gasteiger partial charge in [-0.1, -0.05) is 18.2 Å². The molecule has 0 saturated carbocycles. The van der Waals surface area contributed by atoms with Crippen molar-refractivity contribution in [2.24, 2.45) is 0 Å². The Bertz CT molecular complexity index is 325. The molecule has 1 rings (SSSR count). The van der Waals surface area contributed by atoms with Gasteiger partial charge in [0, 0.05) is 19.8 Å². The highest BCUT2D eigenvalue weighted by Gasteiger charge is 2.25. The van der Waals surface area contributed by atoms with Gasteiger partial charge in [-0.25, -0.2) is 5.90 Å². The summed E-state index contributed by atoms with van der Waals surface area (Å²) in [7, 11) is 3.37. The highest BCUT2D eigenvalue weighted by molar-refractivity contribution is 8.10. The smallest absolute Gasteiger partial charge is 0.314 e. The van der Waals surface area contributed by atoms with E-state index in [9.17, 15) is 0 Å². The predicted octanol–water partition coefficient (Wildman–Crippen LogP) is 1.17. The van der Waals surface area contributed by atoms with E-state index in [0.29, 0.717) is 0 Å². The molecule has 0 radical (unpaired) electrons. The minimum absolute atomic E-state index is 0.960. The third-order valence-electron chi connectivity index (χ3n) is 1.89. The largest absolute Gasteiger partial charge is 0.344 e. The molecule has 0 fully saturated rings. The molecule has 0 saturated heterocycles. The topological polar surface area (TPSA) is 49.3 Å². The first-order valence-corrected chi connectivity index (χ1v) is 6.62. The first-order chi connectivity index (χ1) is 6.64. The predicted molar refractivity (Wildman–Crippen MR) is 60.1 cm³/mol. The summed E-state index contributed by atoms with van der Waals surface area (Å²) < 4.78 is 12.0. The maximum absolute atomic E-state index is 5.24. The van der Waals surface area contributed by atoms with Gasteiger partial charge < -0.3 is 9.19 Å². The molecule has 0 aliphatic heterocycles.